The number of methoxy groups -OCH3 is 2. The minimum atomic E-state index is -3.81. The average molecular weight is 462 g/mol. The molecule has 0 saturated carbocycles. The number of hydrogen-bond acceptors (Lipinski definition) is 8. The Morgan fingerprint density at radius 2 is 1.94 bits per heavy atom. The van der Waals surface area contributed by atoms with Crippen molar-refractivity contribution in [3.63, 3.8) is 0 Å². The van der Waals surface area contributed by atoms with Gasteiger partial charge >= 0.3 is 0 Å². The lowest BCUT2D eigenvalue weighted by Gasteiger charge is -2.13. The molecule has 0 fully saturated rings. The number of fused-ring (bicyclic) bond motifs is 3. The van der Waals surface area contributed by atoms with E-state index in [1.54, 1.807) is 20.3 Å². The van der Waals surface area contributed by atoms with Crippen LogP contribution < -0.4 is 14.8 Å². The highest BCUT2D eigenvalue weighted by Gasteiger charge is 2.22. The van der Waals surface area contributed by atoms with Crippen molar-refractivity contribution >= 4 is 43.9 Å². The Labute approximate surface area is 183 Å². The molecule has 1 N–H and O–H groups in total. The number of para-hydroxylation sites is 1. The van der Waals surface area contributed by atoms with E-state index in [2.05, 4.69) is 20.4 Å². The molecule has 0 aliphatic heterocycles. The van der Waals surface area contributed by atoms with Crippen LogP contribution in [0.15, 0.2) is 41.6 Å². The van der Waals surface area contributed by atoms with E-state index in [4.69, 9.17) is 21.1 Å². The number of aryl methyl sites for hydroxylation is 1. The Kier molecular flexibility index (Phi) is 5.59. The molecular weight excluding hydrogens is 442 g/mol. The van der Waals surface area contributed by atoms with Gasteiger partial charge in [0.15, 0.2) is 5.65 Å². The van der Waals surface area contributed by atoms with Crippen molar-refractivity contribution in [3.05, 3.63) is 47.5 Å². The van der Waals surface area contributed by atoms with Gasteiger partial charge in [-0.05, 0) is 30.7 Å². The lowest BCUT2D eigenvalue weighted by atomic mass is 10.1. The van der Waals surface area contributed by atoms with Crippen molar-refractivity contribution in [2.24, 2.45) is 0 Å². The number of halogens is 1. The molecule has 0 unspecified atom stereocenters. The lowest BCUT2D eigenvalue weighted by Crippen LogP contribution is -2.10. The van der Waals surface area contributed by atoms with Gasteiger partial charge in [-0.1, -0.05) is 12.1 Å². The first kappa shape index (κ1) is 21.1. The van der Waals surface area contributed by atoms with Gasteiger partial charge in [0.1, 0.15) is 16.7 Å². The summed E-state index contributed by atoms with van der Waals surface area (Å²) in [7, 11) is -0.645. The molecule has 0 spiro atoms. The molecule has 0 saturated heterocycles. The zero-order valence-corrected chi connectivity index (χ0v) is 18.7. The summed E-state index contributed by atoms with van der Waals surface area (Å²) in [5.41, 5.74) is 2.86. The summed E-state index contributed by atoms with van der Waals surface area (Å²) in [6, 6.07) is 11.1. The molecule has 9 nitrogen and oxygen atoms in total. The second kappa shape index (κ2) is 8.20. The second-order valence-electron chi connectivity index (χ2n) is 6.79. The van der Waals surface area contributed by atoms with Gasteiger partial charge in [-0.25, -0.2) is 13.4 Å². The first-order valence-electron chi connectivity index (χ1n) is 9.27. The summed E-state index contributed by atoms with van der Waals surface area (Å²) in [6.45, 7) is 2.28. The van der Waals surface area contributed by atoms with Crippen molar-refractivity contribution in [2.45, 2.75) is 18.6 Å². The first-order chi connectivity index (χ1) is 14.9. The summed E-state index contributed by atoms with van der Waals surface area (Å²) >= 11 is 5.61. The number of nitrogens with zero attached hydrogens (tertiary/aromatic N) is 4. The zero-order chi connectivity index (χ0) is 22.2. The molecule has 2 aromatic carbocycles. The summed E-state index contributed by atoms with van der Waals surface area (Å²) in [5, 5.41) is 7.13. The molecule has 0 radical (unpaired) electrons. The average Bonchev–Trinajstić information content (AvgIpc) is 3.25. The molecule has 0 atom stereocenters. The normalized spacial score (nSPS) is 11.7. The van der Waals surface area contributed by atoms with Crippen molar-refractivity contribution in [1.29, 1.82) is 0 Å². The maximum atomic E-state index is 12.3. The smallest absolute Gasteiger partial charge is 0.269 e. The number of hydrogen-bond donors (Lipinski definition) is 1. The molecule has 0 aliphatic rings. The van der Waals surface area contributed by atoms with Crippen LogP contribution in [0.5, 0.6) is 11.5 Å². The van der Waals surface area contributed by atoms with Gasteiger partial charge in [0, 0.05) is 23.6 Å². The number of alkyl halides is 1. The van der Waals surface area contributed by atoms with E-state index >= 15 is 0 Å². The highest BCUT2D eigenvalue weighted by Crippen LogP contribution is 2.27. The molecule has 4 rings (SSSR count). The monoisotopic (exact) mass is 461 g/mol. The van der Waals surface area contributed by atoms with E-state index in [1.165, 1.54) is 4.52 Å². The molecular formula is C20H20ClN5O4S. The lowest BCUT2D eigenvalue weighted by molar-refractivity contribution is 0.391. The molecule has 11 heteroatoms. The Bertz CT molecular complexity index is 1390. The number of ether oxygens (including phenoxy) is 2. The van der Waals surface area contributed by atoms with Gasteiger partial charge in [-0.15, -0.1) is 16.7 Å². The van der Waals surface area contributed by atoms with E-state index in [9.17, 15) is 8.42 Å². The van der Waals surface area contributed by atoms with Gasteiger partial charge in [-0.2, -0.15) is 9.50 Å². The Balaban J connectivity index is 1.84. The van der Waals surface area contributed by atoms with Gasteiger partial charge in [-0.3, -0.25) is 0 Å². The fourth-order valence-electron chi connectivity index (χ4n) is 3.22. The molecule has 31 heavy (non-hydrogen) atoms. The van der Waals surface area contributed by atoms with Crippen LogP contribution in [0, 0.1) is 6.92 Å². The van der Waals surface area contributed by atoms with Crippen LogP contribution in [0.1, 0.15) is 11.1 Å². The Morgan fingerprint density at radius 1 is 1.13 bits per heavy atom. The van der Waals surface area contributed by atoms with E-state index < -0.39 is 15.0 Å². The third-order valence-corrected chi connectivity index (χ3v) is 6.72. The molecule has 2 aromatic heterocycles. The predicted molar refractivity (Wildman–Crippen MR) is 118 cm³/mol. The van der Waals surface area contributed by atoms with Gasteiger partial charge < -0.3 is 14.8 Å². The first-order valence-corrected chi connectivity index (χ1v) is 11.5. The van der Waals surface area contributed by atoms with Crippen molar-refractivity contribution < 1.29 is 17.9 Å². The molecule has 0 aliphatic carbocycles. The SMILES string of the molecule is COc1ccc(CNc2nc3c(C)cccc3c3nc(S(=O)(=O)CCl)nn23)c(OC)c1. The van der Waals surface area contributed by atoms with Gasteiger partial charge in [0.05, 0.1) is 19.7 Å². The summed E-state index contributed by atoms with van der Waals surface area (Å²) in [5.74, 6) is 1.66. The van der Waals surface area contributed by atoms with E-state index in [1.807, 2.05) is 37.3 Å². The highest BCUT2D eigenvalue weighted by molar-refractivity contribution is 7.92. The maximum absolute atomic E-state index is 12.3. The minimum absolute atomic E-state index is 0.344. The second-order valence-corrected chi connectivity index (χ2v) is 9.26. The number of rotatable bonds is 7. The van der Waals surface area contributed by atoms with Crippen LogP contribution in [0.2, 0.25) is 0 Å². The molecule has 162 valence electrons. The third kappa shape index (κ3) is 3.84. The van der Waals surface area contributed by atoms with E-state index in [0.717, 1.165) is 11.1 Å². The fourth-order valence-corrected chi connectivity index (χ4v) is 4.05. The number of aromatic nitrogens is 4. The largest absolute Gasteiger partial charge is 0.497 e. The fraction of sp³-hybridized carbons (Fsp3) is 0.250. The highest BCUT2D eigenvalue weighted by atomic mass is 35.5. The van der Waals surface area contributed by atoms with Crippen molar-refractivity contribution in [2.75, 3.05) is 24.7 Å². The molecule has 2 heterocycles. The quantitative estimate of drug-likeness (QED) is 0.418. The van der Waals surface area contributed by atoms with Crippen LogP contribution in [0.3, 0.4) is 0 Å². The molecule has 0 amide bonds. The van der Waals surface area contributed by atoms with E-state index in [-0.39, 0.29) is 5.16 Å². The maximum Gasteiger partial charge on any atom is 0.269 e. The number of benzene rings is 2. The summed E-state index contributed by atoms with van der Waals surface area (Å²) in [6.07, 6.45) is 0. The number of nitrogens with one attached hydrogen (secondary N) is 1. The minimum Gasteiger partial charge on any atom is -0.497 e. The van der Waals surface area contributed by atoms with E-state index in [0.29, 0.717) is 40.5 Å². The topological polar surface area (TPSA) is 108 Å². The summed E-state index contributed by atoms with van der Waals surface area (Å²) < 4.78 is 36.6. The van der Waals surface area contributed by atoms with Gasteiger partial charge in [0.25, 0.3) is 5.16 Å². The Morgan fingerprint density at radius 3 is 2.65 bits per heavy atom. The molecule has 4 aromatic rings. The molecule has 0 bridgehead atoms. The summed E-state index contributed by atoms with van der Waals surface area (Å²) in [4.78, 5) is 8.94. The zero-order valence-electron chi connectivity index (χ0n) is 17.1. The predicted octanol–water partition coefficient (Wildman–Crippen LogP) is 3.19. The third-order valence-electron chi connectivity index (χ3n) is 4.84. The standard InChI is InChI=1S/C20H20ClN5O4S/c1-12-5-4-6-15-17(12)23-19(26-18(15)24-20(25-26)31(27,28)11-21)22-10-13-7-8-14(29-2)9-16(13)30-3/h4-9H,10-11H2,1-3H3,(H,22,23). The van der Waals surface area contributed by atoms with Crippen molar-refractivity contribution in [3.8, 4) is 11.5 Å². The van der Waals surface area contributed by atoms with Crippen LogP contribution in [0.4, 0.5) is 5.95 Å². The van der Waals surface area contributed by atoms with Crippen LogP contribution in [-0.2, 0) is 16.4 Å². The van der Waals surface area contributed by atoms with Crippen molar-refractivity contribution in [1.82, 2.24) is 19.6 Å². The number of sulfone groups is 1. The van der Waals surface area contributed by atoms with Crippen LogP contribution >= 0.6 is 11.6 Å². The van der Waals surface area contributed by atoms with Crippen LogP contribution in [-0.4, -0.2) is 47.4 Å². The number of anilines is 1. The van der Waals surface area contributed by atoms with Gasteiger partial charge in [0.2, 0.25) is 15.8 Å². The van der Waals surface area contributed by atoms with Crippen LogP contribution in [0.25, 0.3) is 16.6 Å². The Hall–Kier alpha value is -3.11.